The molecule has 2 nitrogen and oxygen atoms in total. The summed E-state index contributed by atoms with van der Waals surface area (Å²) in [6.45, 7) is 3.16. The van der Waals surface area contributed by atoms with Crippen molar-refractivity contribution in [3.05, 3.63) is 52.1 Å². The topological polar surface area (TPSA) is 16.1 Å². The molecule has 0 aliphatic carbocycles. The van der Waals surface area contributed by atoms with Gasteiger partial charge < -0.3 is 4.90 Å². The lowest BCUT2D eigenvalue weighted by atomic mass is 10.1. The number of aromatic nitrogens is 1. The van der Waals surface area contributed by atoms with E-state index in [-0.39, 0.29) is 0 Å². The number of aryl methyl sites for hydroxylation is 2. The number of rotatable bonds is 1. The van der Waals surface area contributed by atoms with Crippen LogP contribution in [0.4, 0.5) is 11.5 Å². The Morgan fingerprint density at radius 3 is 2.89 bits per heavy atom. The van der Waals surface area contributed by atoms with E-state index in [0.717, 1.165) is 16.8 Å². The van der Waals surface area contributed by atoms with Crippen molar-refractivity contribution in [1.82, 2.24) is 4.98 Å². The van der Waals surface area contributed by atoms with Gasteiger partial charge in [0.1, 0.15) is 5.82 Å². The first-order chi connectivity index (χ1) is 9.25. The smallest absolute Gasteiger partial charge is 0.133 e. The quantitative estimate of drug-likeness (QED) is 0.762. The Morgan fingerprint density at radius 2 is 2.05 bits per heavy atom. The van der Waals surface area contributed by atoms with Crippen LogP contribution in [0, 0.1) is 6.92 Å². The number of hydrogen-bond donors (Lipinski definition) is 0. The van der Waals surface area contributed by atoms with Crippen LogP contribution in [-0.4, -0.2) is 11.5 Å². The fourth-order valence-corrected chi connectivity index (χ4v) is 2.82. The van der Waals surface area contributed by atoms with E-state index in [1.807, 2.05) is 6.20 Å². The molecular formula is C16H17BrN2. The van der Waals surface area contributed by atoms with Gasteiger partial charge in [-0.2, -0.15) is 0 Å². The molecular weight excluding hydrogens is 300 g/mol. The van der Waals surface area contributed by atoms with Crippen molar-refractivity contribution in [1.29, 1.82) is 0 Å². The van der Waals surface area contributed by atoms with E-state index < -0.39 is 0 Å². The Hall–Kier alpha value is -1.35. The Bertz CT molecular complexity index is 595. The van der Waals surface area contributed by atoms with Crippen LogP contribution in [0.1, 0.15) is 24.0 Å². The maximum absolute atomic E-state index is 4.58. The van der Waals surface area contributed by atoms with Crippen LogP contribution < -0.4 is 4.90 Å². The molecule has 3 heteroatoms. The molecule has 1 aromatic carbocycles. The third kappa shape index (κ3) is 2.52. The average molecular weight is 317 g/mol. The zero-order valence-electron chi connectivity index (χ0n) is 11.1. The van der Waals surface area contributed by atoms with Gasteiger partial charge in [0.25, 0.3) is 0 Å². The second kappa shape index (κ2) is 5.33. The largest absolute Gasteiger partial charge is 0.326 e. The van der Waals surface area contributed by atoms with Crippen LogP contribution in [0.15, 0.2) is 41.0 Å². The molecule has 0 fully saturated rings. The van der Waals surface area contributed by atoms with E-state index in [4.69, 9.17) is 0 Å². The summed E-state index contributed by atoms with van der Waals surface area (Å²) >= 11 is 3.52. The number of fused-ring (bicyclic) bond motifs is 1. The van der Waals surface area contributed by atoms with Gasteiger partial charge >= 0.3 is 0 Å². The molecule has 0 saturated heterocycles. The Morgan fingerprint density at radius 1 is 1.21 bits per heavy atom. The molecule has 1 aliphatic heterocycles. The van der Waals surface area contributed by atoms with Gasteiger partial charge in [0, 0.05) is 22.9 Å². The van der Waals surface area contributed by atoms with Gasteiger partial charge in [0.2, 0.25) is 0 Å². The van der Waals surface area contributed by atoms with E-state index in [1.165, 1.54) is 36.1 Å². The predicted octanol–water partition coefficient (Wildman–Crippen LogP) is 4.63. The summed E-state index contributed by atoms with van der Waals surface area (Å²) in [6, 6.07) is 10.8. The normalized spacial score (nSPS) is 14.9. The number of anilines is 2. The Labute approximate surface area is 122 Å². The fourth-order valence-electron chi connectivity index (χ4n) is 2.60. The van der Waals surface area contributed by atoms with Crippen LogP contribution in [0.25, 0.3) is 0 Å². The number of pyridine rings is 1. The van der Waals surface area contributed by atoms with Crippen LogP contribution in [-0.2, 0) is 6.42 Å². The lowest BCUT2D eigenvalue weighted by molar-refractivity contribution is 0.757. The molecule has 1 aliphatic rings. The molecule has 2 aromatic rings. The zero-order chi connectivity index (χ0) is 13.2. The van der Waals surface area contributed by atoms with Crippen LogP contribution >= 0.6 is 15.9 Å². The van der Waals surface area contributed by atoms with E-state index in [2.05, 4.69) is 63.1 Å². The number of hydrogen-bond acceptors (Lipinski definition) is 2. The van der Waals surface area contributed by atoms with E-state index in [1.54, 1.807) is 0 Å². The molecule has 0 radical (unpaired) electrons. The highest BCUT2D eigenvalue weighted by atomic mass is 79.9. The molecule has 0 bridgehead atoms. The summed E-state index contributed by atoms with van der Waals surface area (Å²) in [7, 11) is 0. The van der Waals surface area contributed by atoms with Crippen molar-refractivity contribution in [3.8, 4) is 0 Å². The molecule has 0 unspecified atom stereocenters. The number of para-hydroxylation sites is 1. The molecule has 1 aromatic heterocycles. The number of halogens is 1. The van der Waals surface area contributed by atoms with Crippen molar-refractivity contribution in [3.63, 3.8) is 0 Å². The second-order valence-corrected chi connectivity index (χ2v) is 5.88. The molecule has 0 atom stereocenters. The van der Waals surface area contributed by atoms with Crippen LogP contribution in [0.5, 0.6) is 0 Å². The number of benzene rings is 1. The molecule has 2 heterocycles. The monoisotopic (exact) mass is 316 g/mol. The Balaban J connectivity index is 2.06. The van der Waals surface area contributed by atoms with Gasteiger partial charge in [0.05, 0.1) is 0 Å². The third-order valence-corrected chi connectivity index (χ3v) is 4.50. The maximum atomic E-state index is 4.58. The van der Waals surface area contributed by atoms with Crippen LogP contribution in [0.3, 0.4) is 0 Å². The lowest BCUT2D eigenvalue weighted by Crippen LogP contribution is -2.19. The molecule has 19 heavy (non-hydrogen) atoms. The first kappa shape index (κ1) is 12.7. The molecule has 0 amide bonds. The molecule has 3 rings (SSSR count). The van der Waals surface area contributed by atoms with Gasteiger partial charge in [0.15, 0.2) is 0 Å². The summed E-state index contributed by atoms with van der Waals surface area (Å²) in [6.07, 6.45) is 5.54. The van der Waals surface area contributed by atoms with Crippen molar-refractivity contribution < 1.29 is 0 Å². The van der Waals surface area contributed by atoms with Gasteiger partial charge in [-0.05, 0) is 65.4 Å². The zero-order valence-corrected chi connectivity index (χ0v) is 12.7. The van der Waals surface area contributed by atoms with Crippen LogP contribution in [0.2, 0.25) is 0 Å². The van der Waals surface area contributed by atoms with Gasteiger partial charge in [-0.1, -0.05) is 18.2 Å². The highest BCUT2D eigenvalue weighted by Gasteiger charge is 2.17. The summed E-state index contributed by atoms with van der Waals surface area (Å²) < 4.78 is 1.07. The van der Waals surface area contributed by atoms with Gasteiger partial charge in [-0.25, -0.2) is 4.98 Å². The first-order valence-corrected chi connectivity index (χ1v) is 7.52. The van der Waals surface area contributed by atoms with Crippen molar-refractivity contribution in [2.45, 2.75) is 26.2 Å². The first-order valence-electron chi connectivity index (χ1n) is 6.73. The second-order valence-electron chi connectivity index (χ2n) is 5.03. The Kier molecular flexibility index (Phi) is 3.56. The summed E-state index contributed by atoms with van der Waals surface area (Å²) in [5.41, 5.74) is 3.98. The van der Waals surface area contributed by atoms with Gasteiger partial charge in [-0.15, -0.1) is 0 Å². The van der Waals surface area contributed by atoms with Gasteiger partial charge in [-0.3, -0.25) is 0 Å². The minimum atomic E-state index is 1.05. The fraction of sp³-hybridized carbons (Fsp3) is 0.312. The SMILES string of the molecule is Cc1cc(N2CCCCc3ccccc32)ncc1Br. The predicted molar refractivity (Wildman–Crippen MR) is 83.1 cm³/mol. The summed E-state index contributed by atoms with van der Waals surface area (Å²) in [5.74, 6) is 1.05. The lowest BCUT2D eigenvalue weighted by Gasteiger charge is -2.24. The highest BCUT2D eigenvalue weighted by Crippen LogP contribution is 2.32. The standard InChI is InChI=1S/C16H17BrN2/c1-12-10-16(18-11-14(12)17)19-9-5-4-7-13-6-2-3-8-15(13)19/h2-3,6,8,10-11H,4-5,7,9H2,1H3. The van der Waals surface area contributed by atoms with E-state index in [9.17, 15) is 0 Å². The molecule has 0 spiro atoms. The molecule has 0 saturated carbocycles. The molecule has 98 valence electrons. The summed E-state index contributed by atoms with van der Waals surface area (Å²) in [4.78, 5) is 6.93. The van der Waals surface area contributed by atoms with Crippen molar-refractivity contribution >= 4 is 27.4 Å². The molecule has 0 N–H and O–H groups in total. The van der Waals surface area contributed by atoms with Crippen molar-refractivity contribution in [2.75, 3.05) is 11.4 Å². The summed E-state index contributed by atoms with van der Waals surface area (Å²) in [5, 5.41) is 0. The van der Waals surface area contributed by atoms with Crippen molar-refractivity contribution in [2.24, 2.45) is 0 Å². The minimum Gasteiger partial charge on any atom is -0.326 e. The maximum Gasteiger partial charge on any atom is 0.133 e. The van der Waals surface area contributed by atoms with E-state index in [0.29, 0.717) is 0 Å². The van der Waals surface area contributed by atoms with E-state index >= 15 is 0 Å². The highest BCUT2D eigenvalue weighted by molar-refractivity contribution is 9.10. The minimum absolute atomic E-state index is 1.05. The number of nitrogens with zero attached hydrogens (tertiary/aromatic N) is 2. The third-order valence-electron chi connectivity index (χ3n) is 3.67. The average Bonchev–Trinajstić information content (AvgIpc) is 2.64.